The van der Waals surface area contributed by atoms with Crippen molar-refractivity contribution in [1.82, 2.24) is 14.8 Å². The van der Waals surface area contributed by atoms with E-state index in [-0.39, 0.29) is 24.4 Å². The number of hydrogen-bond acceptors (Lipinski definition) is 2. The fourth-order valence-electron chi connectivity index (χ4n) is 4.85. The molecule has 2 atom stereocenters. The molecule has 0 bridgehead atoms. The van der Waals surface area contributed by atoms with Crippen LogP contribution in [0, 0.1) is 6.92 Å². The molecule has 1 N–H and O–H groups in total. The Morgan fingerprint density at radius 3 is 2.69 bits per heavy atom. The van der Waals surface area contributed by atoms with E-state index in [1.165, 1.54) is 0 Å². The summed E-state index contributed by atoms with van der Waals surface area (Å²) in [5.41, 5.74) is 5.37. The third kappa shape index (κ3) is 2.61. The quantitative estimate of drug-likeness (QED) is 0.703. The van der Waals surface area contributed by atoms with E-state index in [9.17, 15) is 9.59 Å². The van der Waals surface area contributed by atoms with Crippen LogP contribution < -0.4 is 0 Å². The summed E-state index contributed by atoms with van der Waals surface area (Å²) in [6.45, 7) is 6.28. The molecule has 1 aromatic heterocycles. The van der Waals surface area contributed by atoms with Gasteiger partial charge in [-0.2, -0.15) is 0 Å². The standard InChI is InChI=1S/C24H23N3O2/c1-3-12-26-14-21(28)27-20(24(26)29)13-18-17-10-6-7-11-19(17)25-22(18)23(27)16-9-5-4-8-15(16)2/h3-11,20,23,25H,1,12-14H2,2H3/t20-,23-/m0/s1. The minimum atomic E-state index is -0.493. The van der Waals surface area contributed by atoms with Gasteiger partial charge in [0.15, 0.2) is 0 Å². The number of nitrogens with one attached hydrogen (secondary N) is 1. The summed E-state index contributed by atoms with van der Waals surface area (Å²) in [7, 11) is 0. The van der Waals surface area contributed by atoms with Gasteiger partial charge in [-0.05, 0) is 29.7 Å². The molecule has 0 radical (unpaired) electrons. The van der Waals surface area contributed by atoms with Crippen LogP contribution in [0.2, 0.25) is 0 Å². The van der Waals surface area contributed by atoms with Crippen molar-refractivity contribution in [2.45, 2.75) is 25.4 Å². The maximum atomic E-state index is 13.3. The molecule has 146 valence electrons. The van der Waals surface area contributed by atoms with Crippen molar-refractivity contribution in [3.8, 4) is 0 Å². The summed E-state index contributed by atoms with van der Waals surface area (Å²) in [4.78, 5) is 33.5. The molecular weight excluding hydrogens is 362 g/mol. The number of amides is 2. The molecule has 1 fully saturated rings. The van der Waals surface area contributed by atoms with E-state index in [1.54, 1.807) is 11.0 Å². The number of aromatic nitrogens is 1. The SMILES string of the molecule is C=CCN1CC(=O)N2[C@@H](c3ccccc3C)c3[nH]c4ccccc4c3C[C@H]2C1=O. The Bertz CT molecular complexity index is 1150. The molecule has 5 heteroatoms. The lowest BCUT2D eigenvalue weighted by Gasteiger charge is -2.47. The molecule has 2 aliphatic heterocycles. The lowest BCUT2D eigenvalue weighted by molar-refractivity contribution is -0.158. The monoisotopic (exact) mass is 385 g/mol. The molecule has 2 aliphatic rings. The summed E-state index contributed by atoms with van der Waals surface area (Å²) in [5, 5.41) is 1.13. The van der Waals surface area contributed by atoms with Gasteiger partial charge in [-0.1, -0.05) is 48.5 Å². The first kappa shape index (κ1) is 17.7. The number of carbonyl (C=O) groups excluding carboxylic acids is 2. The fraction of sp³-hybridized carbons (Fsp3) is 0.250. The Morgan fingerprint density at radius 2 is 1.90 bits per heavy atom. The van der Waals surface area contributed by atoms with Gasteiger partial charge in [0.25, 0.3) is 0 Å². The average molecular weight is 385 g/mol. The largest absolute Gasteiger partial charge is 0.356 e. The summed E-state index contributed by atoms with van der Waals surface area (Å²) >= 11 is 0. The third-order valence-corrected chi connectivity index (χ3v) is 6.17. The molecule has 3 heterocycles. The van der Waals surface area contributed by atoms with Crippen LogP contribution in [-0.2, 0) is 16.0 Å². The van der Waals surface area contributed by atoms with Crippen molar-refractivity contribution in [2.75, 3.05) is 13.1 Å². The lowest BCUT2D eigenvalue weighted by Crippen LogP contribution is -2.63. The molecule has 5 nitrogen and oxygen atoms in total. The Hall–Kier alpha value is -3.34. The van der Waals surface area contributed by atoms with Crippen molar-refractivity contribution in [1.29, 1.82) is 0 Å². The topological polar surface area (TPSA) is 56.4 Å². The number of benzene rings is 2. The zero-order valence-corrected chi connectivity index (χ0v) is 16.4. The van der Waals surface area contributed by atoms with Crippen molar-refractivity contribution in [3.05, 3.63) is 83.6 Å². The normalized spacial score (nSPS) is 21.3. The van der Waals surface area contributed by atoms with Crippen LogP contribution in [0.5, 0.6) is 0 Å². The minimum Gasteiger partial charge on any atom is -0.356 e. The number of para-hydroxylation sites is 1. The number of fused-ring (bicyclic) bond motifs is 4. The molecule has 1 saturated heterocycles. The summed E-state index contributed by atoms with van der Waals surface area (Å²) in [6, 6.07) is 15.5. The highest BCUT2D eigenvalue weighted by Crippen LogP contribution is 2.43. The Morgan fingerprint density at radius 1 is 1.14 bits per heavy atom. The molecule has 2 aromatic carbocycles. The maximum absolute atomic E-state index is 13.3. The summed E-state index contributed by atoms with van der Waals surface area (Å²) in [6.07, 6.45) is 2.21. The molecule has 3 aromatic rings. The van der Waals surface area contributed by atoms with E-state index >= 15 is 0 Å². The second-order valence-electron chi connectivity index (χ2n) is 7.85. The lowest BCUT2D eigenvalue weighted by atomic mass is 9.85. The van der Waals surface area contributed by atoms with Crippen LogP contribution in [0.25, 0.3) is 10.9 Å². The van der Waals surface area contributed by atoms with Gasteiger partial charge in [0, 0.05) is 29.6 Å². The maximum Gasteiger partial charge on any atom is 0.246 e. The summed E-state index contributed by atoms with van der Waals surface area (Å²) in [5.74, 6) is -0.0203. The minimum absolute atomic E-state index is 0.000912. The number of carbonyl (C=O) groups is 2. The summed E-state index contributed by atoms with van der Waals surface area (Å²) < 4.78 is 0. The predicted octanol–water partition coefficient (Wildman–Crippen LogP) is 3.35. The number of piperazine rings is 1. The second-order valence-corrected chi connectivity index (χ2v) is 7.85. The molecule has 0 aliphatic carbocycles. The molecule has 0 unspecified atom stereocenters. The van der Waals surface area contributed by atoms with Crippen LogP contribution in [0.15, 0.2) is 61.2 Å². The van der Waals surface area contributed by atoms with E-state index in [0.717, 1.165) is 33.3 Å². The smallest absolute Gasteiger partial charge is 0.246 e. The van der Waals surface area contributed by atoms with Crippen LogP contribution in [-0.4, -0.2) is 45.7 Å². The number of H-pyrrole nitrogens is 1. The number of rotatable bonds is 3. The van der Waals surface area contributed by atoms with E-state index in [4.69, 9.17) is 0 Å². The first-order chi connectivity index (χ1) is 14.1. The van der Waals surface area contributed by atoms with Crippen LogP contribution in [0.4, 0.5) is 0 Å². The van der Waals surface area contributed by atoms with Crippen LogP contribution >= 0.6 is 0 Å². The van der Waals surface area contributed by atoms with Gasteiger partial charge in [0.1, 0.15) is 12.6 Å². The van der Waals surface area contributed by atoms with Gasteiger partial charge >= 0.3 is 0 Å². The van der Waals surface area contributed by atoms with Gasteiger partial charge in [0.2, 0.25) is 11.8 Å². The number of aromatic amines is 1. The average Bonchev–Trinajstić information content (AvgIpc) is 3.09. The highest BCUT2D eigenvalue weighted by atomic mass is 16.2. The van der Waals surface area contributed by atoms with E-state index < -0.39 is 6.04 Å². The van der Waals surface area contributed by atoms with E-state index in [1.807, 2.05) is 29.2 Å². The van der Waals surface area contributed by atoms with Gasteiger partial charge in [-0.3, -0.25) is 9.59 Å². The highest BCUT2D eigenvalue weighted by molar-refractivity contribution is 5.97. The number of nitrogens with zero attached hydrogens (tertiary/aromatic N) is 2. The van der Waals surface area contributed by atoms with Gasteiger partial charge < -0.3 is 14.8 Å². The number of aryl methyl sites for hydroxylation is 1. The van der Waals surface area contributed by atoms with Crippen molar-refractivity contribution in [3.63, 3.8) is 0 Å². The first-order valence-electron chi connectivity index (χ1n) is 9.96. The molecule has 29 heavy (non-hydrogen) atoms. The van der Waals surface area contributed by atoms with Gasteiger partial charge in [-0.25, -0.2) is 0 Å². The molecule has 0 spiro atoms. The highest BCUT2D eigenvalue weighted by Gasteiger charge is 2.48. The van der Waals surface area contributed by atoms with Crippen LogP contribution in [0.3, 0.4) is 0 Å². The van der Waals surface area contributed by atoms with Crippen molar-refractivity contribution in [2.24, 2.45) is 0 Å². The zero-order chi connectivity index (χ0) is 20.1. The van der Waals surface area contributed by atoms with Gasteiger partial charge in [-0.15, -0.1) is 6.58 Å². The van der Waals surface area contributed by atoms with E-state index in [0.29, 0.717) is 13.0 Å². The van der Waals surface area contributed by atoms with Crippen molar-refractivity contribution >= 4 is 22.7 Å². The molecular formula is C24H23N3O2. The number of hydrogen-bond donors (Lipinski definition) is 1. The molecule has 0 saturated carbocycles. The Kier molecular flexibility index (Phi) is 4.05. The Labute approximate surface area is 169 Å². The van der Waals surface area contributed by atoms with E-state index in [2.05, 4.69) is 42.8 Å². The second kappa shape index (κ2) is 6.62. The third-order valence-electron chi connectivity index (χ3n) is 6.17. The Balaban J connectivity index is 1.74. The molecule has 5 rings (SSSR count). The van der Waals surface area contributed by atoms with Crippen LogP contribution in [0.1, 0.15) is 28.4 Å². The van der Waals surface area contributed by atoms with Gasteiger partial charge in [0.05, 0.1) is 6.04 Å². The molecule has 2 amide bonds. The fourth-order valence-corrected chi connectivity index (χ4v) is 4.85. The van der Waals surface area contributed by atoms with Crippen molar-refractivity contribution < 1.29 is 9.59 Å². The first-order valence-corrected chi connectivity index (χ1v) is 9.96. The predicted molar refractivity (Wildman–Crippen MR) is 112 cm³/mol. The zero-order valence-electron chi connectivity index (χ0n) is 16.4.